The molecule has 2 saturated heterocycles. The molecule has 1 aromatic carbocycles. The average Bonchev–Trinajstić information content (AvgIpc) is 3.07. The van der Waals surface area contributed by atoms with Crippen LogP contribution in [0.4, 0.5) is 0 Å². The first-order chi connectivity index (χ1) is 12.3. The second-order valence-corrected chi connectivity index (χ2v) is 7.16. The van der Waals surface area contributed by atoms with E-state index in [1.54, 1.807) is 0 Å². The first kappa shape index (κ1) is 18.2. The summed E-state index contributed by atoms with van der Waals surface area (Å²) in [6.45, 7) is 8.65. The molecule has 0 bridgehead atoms. The Balaban J connectivity index is 1.68. The van der Waals surface area contributed by atoms with Crippen LogP contribution in [0.25, 0.3) is 0 Å². The summed E-state index contributed by atoms with van der Waals surface area (Å²) in [5.74, 6) is 0.923. The molecule has 2 heterocycles. The molecular formula is C20H32N4O. The molecule has 138 valence electrons. The zero-order valence-corrected chi connectivity index (χ0v) is 15.5. The number of hydrogen-bond acceptors (Lipinski definition) is 3. The lowest BCUT2D eigenvalue weighted by molar-refractivity contribution is 0.188. The minimum Gasteiger partial charge on any atom is -0.391 e. The molecule has 2 aliphatic heterocycles. The number of piperidine rings is 1. The minimum atomic E-state index is -0.227. The van der Waals surface area contributed by atoms with Gasteiger partial charge in [0.1, 0.15) is 0 Å². The van der Waals surface area contributed by atoms with Crippen molar-refractivity contribution in [2.24, 2.45) is 4.99 Å². The lowest BCUT2D eigenvalue weighted by atomic mass is 10.1. The smallest absolute Gasteiger partial charge is 0.194 e. The maximum atomic E-state index is 9.80. The fourth-order valence-corrected chi connectivity index (χ4v) is 3.74. The average molecular weight is 345 g/mol. The van der Waals surface area contributed by atoms with E-state index in [1.807, 2.05) is 0 Å². The van der Waals surface area contributed by atoms with Crippen LogP contribution in [0.2, 0.25) is 0 Å². The number of hydrogen-bond donors (Lipinski definition) is 2. The van der Waals surface area contributed by atoms with Gasteiger partial charge in [0.15, 0.2) is 5.96 Å². The Hall–Kier alpha value is -1.59. The molecule has 2 fully saturated rings. The fourth-order valence-electron chi connectivity index (χ4n) is 3.74. The summed E-state index contributed by atoms with van der Waals surface area (Å²) in [6, 6.07) is 8.68. The summed E-state index contributed by atoms with van der Waals surface area (Å²) in [6.07, 6.45) is 4.62. The van der Waals surface area contributed by atoms with E-state index in [4.69, 9.17) is 4.99 Å². The Labute approximate surface area is 151 Å². The van der Waals surface area contributed by atoms with Crippen LogP contribution in [0, 0.1) is 0 Å². The highest BCUT2D eigenvalue weighted by Gasteiger charge is 2.22. The number of guanidine groups is 1. The first-order valence-electron chi connectivity index (χ1n) is 9.76. The highest BCUT2D eigenvalue weighted by atomic mass is 16.3. The van der Waals surface area contributed by atoms with Crippen molar-refractivity contribution in [1.82, 2.24) is 15.1 Å². The molecule has 3 rings (SSSR count). The quantitative estimate of drug-likeness (QED) is 0.635. The molecular weight excluding hydrogens is 312 g/mol. The van der Waals surface area contributed by atoms with Gasteiger partial charge in [0.2, 0.25) is 0 Å². The molecule has 0 aliphatic carbocycles. The number of nitrogens with one attached hydrogen (secondary N) is 1. The zero-order chi connectivity index (χ0) is 17.5. The highest BCUT2D eigenvalue weighted by Crippen LogP contribution is 2.17. The number of aliphatic imine (C=N–C) groups is 1. The molecule has 2 N–H and O–H groups in total. The summed E-state index contributed by atoms with van der Waals surface area (Å²) in [4.78, 5) is 9.59. The molecule has 25 heavy (non-hydrogen) atoms. The predicted octanol–water partition coefficient (Wildman–Crippen LogP) is 2.20. The van der Waals surface area contributed by atoms with Crippen LogP contribution in [0.15, 0.2) is 29.3 Å². The number of nitrogens with zero attached hydrogens (tertiary/aromatic N) is 3. The van der Waals surface area contributed by atoms with E-state index in [0.29, 0.717) is 13.1 Å². The maximum absolute atomic E-state index is 9.80. The van der Waals surface area contributed by atoms with Gasteiger partial charge in [-0.3, -0.25) is 4.90 Å². The Morgan fingerprint density at radius 3 is 2.60 bits per heavy atom. The van der Waals surface area contributed by atoms with Gasteiger partial charge in [-0.15, -0.1) is 0 Å². The van der Waals surface area contributed by atoms with Gasteiger partial charge < -0.3 is 15.3 Å². The van der Waals surface area contributed by atoms with Crippen molar-refractivity contribution < 1.29 is 5.11 Å². The van der Waals surface area contributed by atoms with Crippen molar-refractivity contribution in [2.75, 3.05) is 32.7 Å². The van der Waals surface area contributed by atoms with Crippen LogP contribution in [0.1, 0.15) is 43.7 Å². The van der Waals surface area contributed by atoms with E-state index in [1.165, 1.54) is 43.5 Å². The third-order valence-corrected chi connectivity index (χ3v) is 5.16. The van der Waals surface area contributed by atoms with E-state index in [0.717, 1.165) is 32.0 Å². The first-order valence-corrected chi connectivity index (χ1v) is 9.76. The van der Waals surface area contributed by atoms with Crippen molar-refractivity contribution in [3.63, 3.8) is 0 Å². The minimum absolute atomic E-state index is 0.227. The van der Waals surface area contributed by atoms with Crippen LogP contribution in [0.5, 0.6) is 0 Å². The van der Waals surface area contributed by atoms with Crippen molar-refractivity contribution >= 4 is 5.96 Å². The van der Waals surface area contributed by atoms with Gasteiger partial charge in [-0.05, 0) is 50.4 Å². The summed E-state index contributed by atoms with van der Waals surface area (Å²) < 4.78 is 0. The van der Waals surface area contributed by atoms with Gasteiger partial charge in [0.25, 0.3) is 0 Å². The van der Waals surface area contributed by atoms with E-state index < -0.39 is 0 Å². The monoisotopic (exact) mass is 344 g/mol. The number of aliphatic hydroxyl groups excluding tert-OH is 1. The number of likely N-dealkylation sites (tertiary alicyclic amines) is 2. The fraction of sp³-hybridized carbons (Fsp3) is 0.650. The SMILES string of the molecule is CCNC(=NCc1ccccc1CN1CCCCC1)N1CC[C@@H](O)C1. The number of rotatable bonds is 5. The molecule has 2 aliphatic rings. The van der Waals surface area contributed by atoms with Gasteiger partial charge >= 0.3 is 0 Å². The van der Waals surface area contributed by atoms with E-state index >= 15 is 0 Å². The molecule has 0 amide bonds. The summed E-state index contributed by atoms with van der Waals surface area (Å²) in [5, 5.41) is 13.2. The second-order valence-electron chi connectivity index (χ2n) is 7.16. The molecule has 0 unspecified atom stereocenters. The second kappa shape index (κ2) is 9.20. The van der Waals surface area contributed by atoms with Crippen LogP contribution < -0.4 is 5.32 Å². The molecule has 1 atom stereocenters. The third-order valence-electron chi connectivity index (χ3n) is 5.16. The van der Waals surface area contributed by atoms with Gasteiger partial charge in [0, 0.05) is 26.2 Å². The van der Waals surface area contributed by atoms with Gasteiger partial charge in [-0.25, -0.2) is 4.99 Å². The zero-order valence-electron chi connectivity index (χ0n) is 15.5. The Kier molecular flexibility index (Phi) is 6.70. The molecule has 0 saturated carbocycles. The lowest BCUT2D eigenvalue weighted by Gasteiger charge is -2.27. The van der Waals surface area contributed by atoms with Crippen LogP contribution in [-0.4, -0.2) is 59.7 Å². The van der Waals surface area contributed by atoms with Crippen molar-refractivity contribution in [3.8, 4) is 0 Å². The maximum Gasteiger partial charge on any atom is 0.194 e. The van der Waals surface area contributed by atoms with E-state index in [2.05, 4.69) is 46.3 Å². The standard InChI is InChI=1S/C20H32N4O/c1-2-21-20(24-13-10-19(25)16-24)22-14-17-8-4-5-9-18(17)15-23-11-6-3-7-12-23/h4-5,8-9,19,25H,2-3,6-7,10-16H2,1H3,(H,21,22)/t19-/m1/s1. The normalized spacial score (nSPS) is 22.4. The molecule has 5 heteroatoms. The Morgan fingerprint density at radius 1 is 1.16 bits per heavy atom. The highest BCUT2D eigenvalue weighted by molar-refractivity contribution is 5.80. The molecule has 5 nitrogen and oxygen atoms in total. The van der Waals surface area contributed by atoms with Crippen LogP contribution >= 0.6 is 0 Å². The molecule has 0 aromatic heterocycles. The number of benzene rings is 1. The van der Waals surface area contributed by atoms with Crippen molar-refractivity contribution in [1.29, 1.82) is 0 Å². The van der Waals surface area contributed by atoms with Gasteiger partial charge in [0.05, 0.1) is 12.6 Å². The van der Waals surface area contributed by atoms with Crippen molar-refractivity contribution in [3.05, 3.63) is 35.4 Å². The number of β-amino-alcohol motifs (C(OH)–C–C–N with tert-alkyl or cyclic N) is 1. The summed E-state index contributed by atoms with van der Waals surface area (Å²) in [7, 11) is 0. The molecule has 0 radical (unpaired) electrons. The van der Waals surface area contributed by atoms with E-state index in [9.17, 15) is 5.11 Å². The van der Waals surface area contributed by atoms with Gasteiger partial charge in [-0.1, -0.05) is 30.7 Å². The Morgan fingerprint density at radius 2 is 1.92 bits per heavy atom. The predicted molar refractivity (Wildman–Crippen MR) is 103 cm³/mol. The lowest BCUT2D eigenvalue weighted by Crippen LogP contribution is -2.40. The topological polar surface area (TPSA) is 51.1 Å². The van der Waals surface area contributed by atoms with Gasteiger partial charge in [-0.2, -0.15) is 0 Å². The third kappa shape index (κ3) is 5.19. The Bertz CT molecular complexity index is 569. The summed E-state index contributed by atoms with van der Waals surface area (Å²) >= 11 is 0. The largest absolute Gasteiger partial charge is 0.391 e. The van der Waals surface area contributed by atoms with Crippen LogP contribution in [0.3, 0.4) is 0 Å². The van der Waals surface area contributed by atoms with Crippen LogP contribution in [-0.2, 0) is 13.1 Å². The van der Waals surface area contributed by atoms with Crippen molar-refractivity contribution in [2.45, 2.75) is 51.8 Å². The molecule has 0 spiro atoms. The molecule has 1 aromatic rings. The number of aliphatic hydroxyl groups is 1. The summed E-state index contributed by atoms with van der Waals surface area (Å²) in [5.41, 5.74) is 2.70. The van der Waals surface area contributed by atoms with E-state index in [-0.39, 0.29) is 6.10 Å².